The van der Waals surface area contributed by atoms with E-state index in [1.54, 1.807) is 24.3 Å². The normalized spacial score (nSPS) is 15.5. The number of nitrogens with zero attached hydrogens (tertiary/aromatic N) is 4. The molecule has 9 nitrogen and oxygen atoms in total. The van der Waals surface area contributed by atoms with Crippen LogP contribution in [0.3, 0.4) is 0 Å². The van der Waals surface area contributed by atoms with Crippen molar-refractivity contribution in [3.05, 3.63) is 75.9 Å². The van der Waals surface area contributed by atoms with Crippen molar-refractivity contribution in [1.29, 1.82) is 0 Å². The van der Waals surface area contributed by atoms with Crippen LogP contribution in [0.2, 0.25) is 5.02 Å². The Morgan fingerprint density at radius 2 is 1.93 bits per heavy atom. The maximum Gasteiger partial charge on any atom is 0.341 e. The van der Waals surface area contributed by atoms with Crippen LogP contribution in [0.25, 0.3) is 11.0 Å². The summed E-state index contributed by atoms with van der Waals surface area (Å²) in [7, 11) is 3.28. The minimum Gasteiger partial charge on any atom is -0.473 e. The standard InChI is InChI=1S/C29H28ClFN4O5/c1-34-23-13-20(29(36)37-2)27-28(40-16-39-27)26(23)33-24(34)14-35-10-8-17(9-11-35)22-4-3-5-25(32-22)38-15-18-6-7-19(30)12-21(18)31/h3-7,12-13,17H,8-11,14-16H2,1-2H3. The van der Waals surface area contributed by atoms with Crippen LogP contribution in [0.5, 0.6) is 17.4 Å². The highest BCUT2D eigenvalue weighted by Gasteiger charge is 2.30. The van der Waals surface area contributed by atoms with E-state index in [4.69, 9.17) is 40.5 Å². The highest BCUT2D eigenvalue weighted by atomic mass is 35.5. The van der Waals surface area contributed by atoms with Gasteiger partial charge in [-0.05, 0) is 50.2 Å². The smallest absolute Gasteiger partial charge is 0.341 e. The van der Waals surface area contributed by atoms with Crippen molar-refractivity contribution in [1.82, 2.24) is 19.4 Å². The molecule has 2 aromatic heterocycles. The third-order valence-corrected chi connectivity index (χ3v) is 7.73. The highest BCUT2D eigenvalue weighted by Crippen LogP contribution is 2.42. The monoisotopic (exact) mass is 566 g/mol. The van der Waals surface area contributed by atoms with Crippen molar-refractivity contribution in [2.45, 2.75) is 31.9 Å². The first-order valence-electron chi connectivity index (χ1n) is 13.0. The second-order valence-electron chi connectivity index (χ2n) is 9.91. The number of benzene rings is 2. The molecule has 0 saturated carbocycles. The van der Waals surface area contributed by atoms with Crippen LogP contribution in [0.15, 0.2) is 42.5 Å². The molecule has 11 heteroatoms. The van der Waals surface area contributed by atoms with Gasteiger partial charge < -0.3 is 23.5 Å². The number of piperidine rings is 1. The van der Waals surface area contributed by atoms with Gasteiger partial charge in [-0.15, -0.1) is 0 Å². The van der Waals surface area contributed by atoms with Crippen LogP contribution in [-0.4, -0.2) is 52.4 Å². The second-order valence-corrected chi connectivity index (χ2v) is 10.3. The first-order chi connectivity index (χ1) is 19.4. The van der Waals surface area contributed by atoms with Crippen molar-refractivity contribution in [3.63, 3.8) is 0 Å². The number of hydrogen-bond acceptors (Lipinski definition) is 8. The number of fused-ring (bicyclic) bond motifs is 3. The van der Waals surface area contributed by atoms with E-state index < -0.39 is 11.8 Å². The molecule has 2 aliphatic heterocycles. The zero-order chi connectivity index (χ0) is 27.8. The summed E-state index contributed by atoms with van der Waals surface area (Å²) in [6.45, 7) is 2.53. The number of ether oxygens (including phenoxy) is 4. The minimum absolute atomic E-state index is 0.0378. The van der Waals surface area contributed by atoms with Crippen LogP contribution in [0.4, 0.5) is 4.39 Å². The summed E-state index contributed by atoms with van der Waals surface area (Å²) in [5, 5.41) is 0.351. The van der Waals surface area contributed by atoms with Crippen LogP contribution in [0.1, 0.15) is 46.2 Å². The Hall–Kier alpha value is -3.89. The number of rotatable bonds is 7. The number of hydrogen-bond donors (Lipinski definition) is 0. The van der Waals surface area contributed by atoms with E-state index in [9.17, 15) is 9.18 Å². The first kappa shape index (κ1) is 26.3. The fourth-order valence-electron chi connectivity index (χ4n) is 5.27. The molecule has 4 aromatic rings. The molecule has 4 heterocycles. The van der Waals surface area contributed by atoms with Crippen LogP contribution in [0, 0.1) is 5.82 Å². The predicted molar refractivity (Wildman–Crippen MR) is 145 cm³/mol. The van der Waals surface area contributed by atoms with Crippen molar-refractivity contribution in [3.8, 4) is 17.4 Å². The van der Waals surface area contributed by atoms with Gasteiger partial charge in [0.25, 0.3) is 0 Å². The van der Waals surface area contributed by atoms with E-state index in [0.717, 1.165) is 43.0 Å². The van der Waals surface area contributed by atoms with Crippen molar-refractivity contribution >= 4 is 28.6 Å². The van der Waals surface area contributed by atoms with Crippen molar-refractivity contribution in [2.24, 2.45) is 7.05 Å². The molecule has 0 aliphatic carbocycles. The fourth-order valence-corrected chi connectivity index (χ4v) is 5.43. The third kappa shape index (κ3) is 5.04. The highest BCUT2D eigenvalue weighted by molar-refractivity contribution is 6.30. The number of likely N-dealkylation sites (tertiary alicyclic amines) is 1. The number of aromatic nitrogens is 3. The van der Waals surface area contributed by atoms with Gasteiger partial charge in [-0.3, -0.25) is 4.90 Å². The molecule has 0 atom stereocenters. The Kier molecular flexibility index (Phi) is 7.20. The van der Waals surface area contributed by atoms with E-state index in [0.29, 0.717) is 51.5 Å². The van der Waals surface area contributed by atoms with Gasteiger partial charge in [-0.25, -0.2) is 19.2 Å². The molecule has 6 rings (SSSR count). The average molecular weight is 567 g/mol. The first-order valence-corrected chi connectivity index (χ1v) is 13.4. The summed E-state index contributed by atoms with van der Waals surface area (Å²) in [5.41, 5.74) is 3.19. The Balaban J connectivity index is 1.11. The molecule has 2 aromatic carbocycles. The van der Waals surface area contributed by atoms with Crippen LogP contribution in [-0.2, 0) is 24.9 Å². The third-order valence-electron chi connectivity index (χ3n) is 7.50. The Bertz CT molecular complexity index is 1580. The topological polar surface area (TPSA) is 87.9 Å². The maximum absolute atomic E-state index is 14.1. The molecule has 208 valence electrons. The molecule has 0 spiro atoms. The second kappa shape index (κ2) is 10.9. The van der Waals surface area contributed by atoms with Crippen LogP contribution < -0.4 is 14.2 Å². The van der Waals surface area contributed by atoms with E-state index in [1.165, 1.54) is 13.2 Å². The molecule has 1 fully saturated rings. The maximum atomic E-state index is 14.1. The summed E-state index contributed by atoms with van der Waals surface area (Å²) in [4.78, 5) is 24.2. The Morgan fingerprint density at radius 3 is 2.70 bits per heavy atom. The lowest BCUT2D eigenvalue weighted by Gasteiger charge is -2.31. The molecule has 0 bridgehead atoms. The molecular formula is C29H28ClFN4O5. The zero-order valence-corrected chi connectivity index (χ0v) is 22.9. The Labute approximate surface area is 235 Å². The van der Waals surface area contributed by atoms with Gasteiger partial charge in [0.1, 0.15) is 29.3 Å². The summed E-state index contributed by atoms with van der Waals surface area (Å²) in [5.74, 6) is 1.62. The quantitative estimate of drug-likeness (QED) is 0.281. The lowest BCUT2D eigenvalue weighted by Crippen LogP contribution is -2.33. The molecule has 0 unspecified atom stereocenters. The lowest BCUT2D eigenvalue weighted by molar-refractivity contribution is 0.0596. The molecule has 1 saturated heterocycles. The van der Waals surface area contributed by atoms with Crippen molar-refractivity contribution < 1.29 is 28.1 Å². The molecule has 0 radical (unpaired) electrons. The number of methoxy groups -OCH3 is 1. The van der Waals surface area contributed by atoms with Gasteiger partial charge in [0, 0.05) is 35.3 Å². The number of carbonyl (C=O) groups is 1. The molecule has 0 amide bonds. The molecule has 2 aliphatic rings. The van der Waals surface area contributed by atoms with Crippen LogP contribution >= 0.6 is 11.6 Å². The largest absolute Gasteiger partial charge is 0.473 e. The summed E-state index contributed by atoms with van der Waals surface area (Å²) in [6, 6.07) is 12.0. The van der Waals surface area contributed by atoms with Crippen molar-refractivity contribution in [2.75, 3.05) is 27.0 Å². The van der Waals surface area contributed by atoms with Gasteiger partial charge >= 0.3 is 5.97 Å². The van der Waals surface area contributed by atoms with E-state index in [1.807, 2.05) is 23.7 Å². The molecular weight excluding hydrogens is 539 g/mol. The molecule has 0 N–H and O–H groups in total. The summed E-state index contributed by atoms with van der Waals surface area (Å²) >= 11 is 5.84. The average Bonchev–Trinajstić information content (AvgIpc) is 3.57. The summed E-state index contributed by atoms with van der Waals surface area (Å²) < 4.78 is 38.0. The van der Waals surface area contributed by atoms with Gasteiger partial charge in [0.2, 0.25) is 12.7 Å². The number of imidazole rings is 1. The fraction of sp³-hybridized carbons (Fsp3) is 0.345. The number of halogens is 2. The van der Waals surface area contributed by atoms with E-state index in [2.05, 4.69) is 4.90 Å². The lowest BCUT2D eigenvalue weighted by atomic mass is 9.93. The SMILES string of the molecule is COC(=O)c1cc2c(nc(CN3CCC(c4cccc(OCc5ccc(Cl)cc5F)n4)CC3)n2C)c2c1OCO2. The van der Waals surface area contributed by atoms with Gasteiger partial charge in [0.15, 0.2) is 11.5 Å². The molecule has 40 heavy (non-hydrogen) atoms. The van der Waals surface area contributed by atoms with Gasteiger partial charge in [-0.2, -0.15) is 0 Å². The van der Waals surface area contributed by atoms with Gasteiger partial charge in [-0.1, -0.05) is 23.7 Å². The number of aryl methyl sites for hydroxylation is 1. The van der Waals surface area contributed by atoms with E-state index in [-0.39, 0.29) is 13.4 Å². The van der Waals surface area contributed by atoms with E-state index >= 15 is 0 Å². The zero-order valence-electron chi connectivity index (χ0n) is 22.2. The number of pyridine rings is 1. The predicted octanol–water partition coefficient (Wildman–Crippen LogP) is 5.23. The number of esters is 1. The van der Waals surface area contributed by atoms with Gasteiger partial charge in [0.05, 0.1) is 19.2 Å². The Morgan fingerprint density at radius 1 is 1.12 bits per heavy atom. The minimum atomic E-state index is -0.478. The number of carbonyl (C=O) groups excluding carboxylic acids is 1. The summed E-state index contributed by atoms with van der Waals surface area (Å²) in [6.07, 6.45) is 1.87.